The summed E-state index contributed by atoms with van der Waals surface area (Å²) in [4.78, 5) is 14.7. The summed E-state index contributed by atoms with van der Waals surface area (Å²) in [5, 5.41) is 6.52. The molecule has 0 amide bonds. The maximum atomic E-state index is 6.60. The Morgan fingerprint density at radius 1 is 0.298 bits per heavy atom. The summed E-state index contributed by atoms with van der Waals surface area (Å²) >= 11 is 0. The molecule has 0 saturated heterocycles. The van der Waals surface area contributed by atoms with Crippen LogP contribution in [0.2, 0.25) is 0 Å². The van der Waals surface area contributed by atoms with Crippen LogP contribution in [0.15, 0.2) is 191 Å². The molecule has 0 bridgehead atoms. The maximum absolute atomic E-state index is 6.60. The topological polar surface area (TPSA) is 69.9 Å². The van der Waals surface area contributed by atoms with Crippen molar-refractivity contribution in [3.8, 4) is 51.0 Å². The lowest BCUT2D eigenvalue weighted by Gasteiger charge is -2.09. The smallest absolute Gasteiger partial charge is 0.164 e. The van der Waals surface area contributed by atoms with E-state index in [0.717, 1.165) is 77.4 Å². The summed E-state index contributed by atoms with van der Waals surface area (Å²) in [7, 11) is 0. The van der Waals surface area contributed by atoms with Gasteiger partial charge in [0.2, 0.25) is 0 Å². The zero-order valence-electron chi connectivity index (χ0n) is 30.4. The van der Waals surface area contributed by atoms with Crippen LogP contribution in [0, 0.1) is 0 Å². The standard InChI is InChI=1S/C51H30N4O2/c1-4-12-31(13-5-1)49-52-50(32-14-6-2-7-15-32)54-51(53-49)35-22-25-40-42-30-47-41(29-48(42)57-46(40)28-35)39-24-21-34(27-45(39)56-47)33-20-23-38-37-18-10-11-19-43(37)55(44(38)26-33)36-16-8-3-9-17-36/h1-30H. The highest BCUT2D eigenvalue weighted by atomic mass is 16.3. The molecule has 6 heteroatoms. The van der Waals surface area contributed by atoms with E-state index in [9.17, 15) is 0 Å². The molecule has 0 saturated carbocycles. The number of hydrogen-bond acceptors (Lipinski definition) is 5. The Morgan fingerprint density at radius 2 is 0.737 bits per heavy atom. The van der Waals surface area contributed by atoms with Crippen molar-refractivity contribution in [1.29, 1.82) is 0 Å². The molecule has 6 nitrogen and oxygen atoms in total. The second-order valence-electron chi connectivity index (χ2n) is 14.4. The van der Waals surface area contributed by atoms with Gasteiger partial charge in [-0.2, -0.15) is 0 Å². The highest BCUT2D eigenvalue weighted by Crippen LogP contribution is 2.40. The average Bonchev–Trinajstić information content (AvgIpc) is 3.94. The van der Waals surface area contributed by atoms with Crippen LogP contribution in [0.1, 0.15) is 0 Å². The van der Waals surface area contributed by atoms with Crippen molar-refractivity contribution in [2.24, 2.45) is 0 Å². The molecule has 0 atom stereocenters. The summed E-state index contributed by atoms with van der Waals surface area (Å²) in [6.07, 6.45) is 0. The second kappa shape index (κ2) is 12.3. The lowest BCUT2D eigenvalue weighted by molar-refractivity contribution is 0.664. The maximum Gasteiger partial charge on any atom is 0.164 e. The Morgan fingerprint density at radius 3 is 1.35 bits per heavy atom. The van der Waals surface area contributed by atoms with Gasteiger partial charge in [-0.15, -0.1) is 0 Å². The van der Waals surface area contributed by atoms with E-state index in [4.69, 9.17) is 23.8 Å². The zero-order chi connectivity index (χ0) is 37.5. The second-order valence-corrected chi connectivity index (χ2v) is 14.4. The molecule has 0 aliphatic rings. The number of rotatable bonds is 5. The molecule has 0 fully saturated rings. The van der Waals surface area contributed by atoms with Crippen molar-refractivity contribution in [1.82, 2.24) is 19.5 Å². The number of aromatic nitrogens is 4. The van der Waals surface area contributed by atoms with Crippen LogP contribution >= 0.6 is 0 Å². The van der Waals surface area contributed by atoms with E-state index in [1.807, 2.05) is 66.7 Å². The summed E-state index contributed by atoms with van der Waals surface area (Å²) in [6.45, 7) is 0. The van der Waals surface area contributed by atoms with E-state index in [1.165, 1.54) is 21.8 Å². The minimum atomic E-state index is 0.585. The summed E-state index contributed by atoms with van der Waals surface area (Å²) in [5.74, 6) is 1.83. The van der Waals surface area contributed by atoms with Crippen molar-refractivity contribution in [2.45, 2.75) is 0 Å². The molecule has 266 valence electrons. The van der Waals surface area contributed by atoms with Gasteiger partial charge in [0.1, 0.15) is 22.3 Å². The molecule has 8 aromatic carbocycles. The monoisotopic (exact) mass is 730 g/mol. The fourth-order valence-corrected chi connectivity index (χ4v) is 8.31. The van der Waals surface area contributed by atoms with Gasteiger partial charge in [0.15, 0.2) is 17.5 Å². The third-order valence-electron chi connectivity index (χ3n) is 11.0. The fraction of sp³-hybridized carbons (Fsp3) is 0. The van der Waals surface area contributed by atoms with Crippen molar-refractivity contribution in [3.63, 3.8) is 0 Å². The minimum Gasteiger partial charge on any atom is -0.456 e. The Hall–Kier alpha value is -7.83. The highest BCUT2D eigenvalue weighted by Gasteiger charge is 2.18. The van der Waals surface area contributed by atoms with Crippen molar-refractivity contribution in [3.05, 3.63) is 182 Å². The highest BCUT2D eigenvalue weighted by molar-refractivity contribution is 6.16. The van der Waals surface area contributed by atoms with Crippen LogP contribution in [0.3, 0.4) is 0 Å². The Labute approximate surface area is 325 Å². The van der Waals surface area contributed by atoms with Gasteiger partial charge < -0.3 is 13.4 Å². The normalized spacial score (nSPS) is 11.9. The van der Waals surface area contributed by atoms with Gasteiger partial charge in [0.05, 0.1) is 11.0 Å². The molecule has 4 aromatic heterocycles. The van der Waals surface area contributed by atoms with Gasteiger partial charge >= 0.3 is 0 Å². The molecule has 0 unspecified atom stereocenters. The first kappa shape index (κ1) is 31.5. The SMILES string of the molecule is c1ccc(-c2nc(-c3ccccc3)nc(-c3ccc4c(c3)oc3cc5c(cc34)oc3cc(-c4ccc6c7ccccc7n(-c7ccccc7)c6c4)ccc35)n2)cc1. The van der Waals surface area contributed by atoms with Crippen LogP contribution in [-0.2, 0) is 0 Å². The van der Waals surface area contributed by atoms with Crippen LogP contribution in [0.5, 0.6) is 0 Å². The minimum absolute atomic E-state index is 0.585. The molecule has 12 rings (SSSR count). The van der Waals surface area contributed by atoms with E-state index < -0.39 is 0 Å². The molecule has 0 aliphatic heterocycles. The van der Waals surface area contributed by atoms with Gasteiger partial charge in [0, 0.05) is 54.7 Å². The Balaban J connectivity index is 0.945. The van der Waals surface area contributed by atoms with Gasteiger partial charge in [-0.05, 0) is 71.8 Å². The number of benzene rings is 8. The number of para-hydroxylation sites is 2. The summed E-state index contributed by atoms with van der Waals surface area (Å²) in [5.41, 5.74) is 11.6. The van der Waals surface area contributed by atoms with Gasteiger partial charge in [0.25, 0.3) is 0 Å². The lowest BCUT2D eigenvalue weighted by Crippen LogP contribution is -2.00. The van der Waals surface area contributed by atoms with Crippen molar-refractivity contribution >= 4 is 65.7 Å². The summed E-state index contributed by atoms with van der Waals surface area (Å²) < 4.78 is 15.5. The molecule has 0 N–H and O–H groups in total. The molecule has 12 aromatic rings. The molecule has 0 aliphatic carbocycles. The van der Waals surface area contributed by atoms with Crippen LogP contribution < -0.4 is 0 Å². The van der Waals surface area contributed by atoms with E-state index in [2.05, 4.69) is 120 Å². The van der Waals surface area contributed by atoms with E-state index in [1.54, 1.807) is 0 Å². The quantitative estimate of drug-likeness (QED) is 0.176. The van der Waals surface area contributed by atoms with E-state index >= 15 is 0 Å². The average molecular weight is 731 g/mol. The molecular weight excluding hydrogens is 701 g/mol. The largest absolute Gasteiger partial charge is 0.456 e. The third-order valence-corrected chi connectivity index (χ3v) is 11.0. The Kier molecular flexibility index (Phi) is 6.83. The summed E-state index contributed by atoms with van der Waals surface area (Å²) in [6, 6.07) is 62.8. The number of furan rings is 2. The van der Waals surface area contributed by atoms with E-state index in [0.29, 0.717) is 17.5 Å². The Bertz CT molecular complexity index is 3450. The third kappa shape index (κ3) is 5.08. The first-order valence-corrected chi connectivity index (χ1v) is 19.0. The predicted octanol–water partition coefficient (Wildman–Crippen LogP) is 13.4. The van der Waals surface area contributed by atoms with Crippen molar-refractivity contribution in [2.75, 3.05) is 0 Å². The molecule has 4 heterocycles. The first-order valence-electron chi connectivity index (χ1n) is 19.0. The molecule has 0 radical (unpaired) electrons. The van der Waals surface area contributed by atoms with Gasteiger partial charge in [-0.3, -0.25) is 0 Å². The van der Waals surface area contributed by atoms with Crippen LogP contribution in [0.25, 0.3) is 117 Å². The number of fused-ring (bicyclic) bond motifs is 9. The number of nitrogens with zero attached hydrogens (tertiary/aromatic N) is 4. The molecular formula is C51H30N4O2. The number of hydrogen-bond donors (Lipinski definition) is 0. The van der Waals surface area contributed by atoms with Gasteiger partial charge in [-0.1, -0.05) is 121 Å². The van der Waals surface area contributed by atoms with Crippen molar-refractivity contribution < 1.29 is 8.83 Å². The lowest BCUT2D eigenvalue weighted by atomic mass is 10.0. The predicted molar refractivity (Wildman–Crippen MR) is 230 cm³/mol. The van der Waals surface area contributed by atoms with E-state index in [-0.39, 0.29) is 0 Å². The van der Waals surface area contributed by atoms with Gasteiger partial charge in [-0.25, -0.2) is 15.0 Å². The van der Waals surface area contributed by atoms with Crippen LogP contribution in [0.4, 0.5) is 0 Å². The fourth-order valence-electron chi connectivity index (χ4n) is 8.31. The molecule has 0 spiro atoms. The molecule has 57 heavy (non-hydrogen) atoms. The van der Waals surface area contributed by atoms with Crippen LogP contribution in [-0.4, -0.2) is 19.5 Å². The first-order chi connectivity index (χ1) is 28.2. The zero-order valence-corrected chi connectivity index (χ0v) is 30.4.